The number of benzene rings is 1. The summed E-state index contributed by atoms with van der Waals surface area (Å²) in [5.74, 6) is 0. The number of nitro groups is 1. The molecular formula is C15H19F3N2O2S3. The maximum absolute atomic E-state index is 13.4. The first-order valence-electron chi connectivity index (χ1n) is 7.35. The minimum atomic E-state index is -4.71. The van der Waals surface area contributed by atoms with Gasteiger partial charge in [0.2, 0.25) is 0 Å². The number of hydrogen-bond donors (Lipinski definition) is 1. The van der Waals surface area contributed by atoms with Crippen LogP contribution < -0.4 is 5.73 Å². The molecule has 0 aliphatic heterocycles. The Bertz CT molecular complexity index is 659. The molecule has 1 aromatic rings. The second-order valence-corrected chi connectivity index (χ2v) is 10.2. The number of nitrogens with two attached hydrogens (primary N) is 1. The summed E-state index contributed by atoms with van der Waals surface area (Å²) in [5.41, 5.74) is 4.06. The molecule has 140 valence electrons. The Morgan fingerprint density at radius 2 is 1.92 bits per heavy atom. The molecule has 10 heteroatoms. The summed E-state index contributed by atoms with van der Waals surface area (Å²) in [6.07, 6.45) is -4.03. The van der Waals surface area contributed by atoms with Crippen molar-refractivity contribution in [3.63, 3.8) is 0 Å². The van der Waals surface area contributed by atoms with Gasteiger partial charge in [-0.05, 0) is 25.5 Å². The lowest BCUT2D eigenvalue weighted by atomic mass is 10.0. The minimum Gasteiger partial charge on any atom is -0.330 e. The van der Waals surface area contributed by atoms with Crippen molar-refractivity contribution in [1.82, 2.24) is 0 Å². The summed E-state index contributed by atoms with van der Waals surface area (Å²) >= 11 is 6.99. The summed E-state index contributed by atoms with van der Waals surface area (Å²) in [4.78, 5) is 10.3. The number of nitrogens with zero attached hydrogens (tertiary/aromatic N) is 1. The molecule has 0 saturated heterocycles. The van der Waals surface area contributed by atoms with Gasteiger partial charge in [-0.1, -0.05) is 50.8 Å². The van der Waals surface area contributed by atoms with E-state index in [-0.39, 0.29) is 20.3 Å². The number of rotatable bonds is 5. The first-order valence-corrected chi connectivity index (χ1v) is 9.39. The predicted octanol–water partition coefficient (Wildman–Crippen LogP) is 5.41. The summed E-state index contributed by atoms with van der Waals surface area (Å²) < 4.78 is 40.0. The van der Waals surface area contributed by atoms with Gasteiger partial charge in [0.05, 0.1) is 10.5 Å². The fraction of sp³-hybridized carbons (Fsp3) is 0.533. The maximum Gasteiger partial charge on any atom is 0.417 e. The summed E-state index contributed by atoms with van der Waals surface area (Å²) in [6, 6.07) is 2.03. The average molecular weight is 413 g/mol. The van der Waals surface area contributed by atoms with Gasteiger partial charge in [-0.2, -0.15) is 13.2 Å². The fourth-order valence-corrected chi connectivity index (χ4v) is 5.42. The van der Waals surface area contributed by atoms with Gasteiger partial charge in [0.15, 0.2) is 0 Å². The van der Waals surface area contributed by atoms with Crippen molar-refractivity contribution in [3.05, 3.63) is 33.4 Å². The minimum absolute atomic E-state index is 0.206. The second-order valence-electron chi connectivity index (χ2n) is 6.16. The van der Waals surface area contributed by atoms with Gasteiger partial charge in [-0.15, -0.1) is 11.8 Å². The molecule has 1 rings (SSSR count). The Kier molecular flexibility index (Phi) is 7.72. The molecule has 0 saturated carbocycles. The molecule has 4 nitrogen and oxygen atoms in total. The molecule has 0 aliphatic rings. The summed E-state index contributed by atoms with van der Waals surface area (Å²) in [6.45, 7) is 5.88. The third-order valence-electron chi connectivity index (χ3n) is 2.93. The highest BCUT2D eigenvalue weighted by Gasteiger charge is 2.39. The molecule has 0 aromatic heterocycles. The van der Waals surface area contributed by atoms with Crippen LogP contribution in [0.1, 0.15) is 38.3 Å². The van der Waals surface area contributed by atoms with Crippen LogP contribution in [0.3, 0.4) is 0 Å². The molecule has 0 aliphatic carbocycles. The largest absolute Gasteiger partial charge is 0.417 e. The van der Waals surface area contributed by atoms with E-state index in [0.29, 0.717) is 24.7 Å². The number of hydrogen-bond acceptors (Lipinski definition) is 6. The molecule has 25 heavy (non-hydrogen) atoms. The van der Waals surface area contributed by atoms with E-state index in [1.165, 1.54) is 11.8 Å². The molecule has 2 N–H and O–H groups in total. The van der Waals surface area contributed by atoms with Gasteiger partial charge in [-0.25, -0.2) is 0 Å². The van der Waals surface area contributed by atoms with Crippen molar-refractivity contribution < 1.29 is 18.1 Å². The van der Waals surface area contributed by atoms with Gasteiger partial charge in [0.1, 0.15) is 8.42 Å². The summed E-state index contributed by atoms with van der Waals surface area (Å²) in [5, 5.41) is 11.5. The standard InChI is InChI=1S/C15H19F3N2O2S3/c1-14(2,3)25-13(23)24-12-10(15(16,17)18)7-6-9(5-4-8-19)11(12)20(21)22/h6-7H,4-5,8,19H2,1-3H3. The Morgan fingerprint density at radius 1 is 1.32 bits per heavy atom. The van der Waals surface area contributed by atoms with Crippen LogP contribution in [0.2, 0.25) is 0 Å². The van der Waals surface area contributed by atoms with E-state index < -0.39 is 27.2 Å². The molecule has 0 unspecified atom stereocenters. The van der Waals surface area contributed by atoms with E-state index in [1.807, 2.05) is 20.8 Å². The highest BCUT2D eigenvalue weighted by Crippen LogP contribution is 2.46. The highest BCUT2D eigenvalue weighted by molar-refractivity contribution is 8.47. The van der Waals surface area contributed by atoms with Crippen LogP contribution in [-0.4, -0.2) is 19.7 Å². The molecule has 0 bridgehead atoms. The topological polar surface area (TPSA) is 69.2 Å². The van der Waals surface area contributed by atoms with Crippen molar-refractivity contribution in [2.75, 3.05) is 6.54 Å². The van der Waals surface area contributed by atoms with Crippen LogP contribution in [-0.2, 0) is 12.6 Å². The highest BCUT2D eigenvalue weighted by atomic mass is 32.2. The number of alkyl halides is 3. The first kappa shape index (κ1) is 22.2. The molecule has 0 heterocycles. The Balaban J connectivity index is 3.46. The monoisotopic (exact) mass is 412 g/mol. The van der Waals surface area contributed by atoms with Gasteiger partial charge in [-0.3, -0.25) is 10.1 Å². The molecule has 0 radical (unpaired) electrons. The van der Waals surface area contributed by atoms with E-state index in [4.69, 9.17) is 18.0 Å². The third-order valence-corrected chi connectivity index (χ3v) is 5.49. The number of thiocarbonyl (C=S) groups is 1. The van der Waals surface area contributed by atoms with Crippen LogP contribution in [0, 0.1) is 10.1 Å². The lowest BCUT2D eigenvalue weighted by Gasteiger charge is -2.19. The van der Waals surface area contributed by atoms with Crippen molar-refractivity contribution in [1.29, 1.82) is 0 Å². The average Bonchev–Trinajstić information content (AvgIpc) is 2.40. The summed E-state index contributed by atoms with van der Waals surface area (Å²) in [7, 11) is 0. The van der Waals surface area contributed by atoms with Crippen molar-refractivity contribution >= 4 is 45.0 Å². The smallest absolute Gasteiger partial charge is 0.330 e. The molecule has 0 amide bonds. The molecular weight excluding hydrogens is 393 g/mol. The Hall–Kier alpha value is -0.840. The van der Waals surface area contributed by atoms with E-state index >= 15 is 0 Å². The fourth-order valence-electron chi connectivity index (χ4n) is 1.99. The van der Waals surface area contributed by atoms with Crippen molar-refractivity contribution in [2.45, 2.75) is 49.4 Å². The molecule has 0 spiro atoms. The molecule has 0 fully saturated rings. The van der Waals surface area contributed by atoms with Gasteiger partial charge in [0, 0.05) is 10.3 Å². The zero-order valence-corrected chi connectivity index (χ0v) is 16.4. The van der Waals surface area contributed by atoms with E-state index in [1.54, 1.807) is 0 Å². The van der Waals surface area contributed by atoms with Crippen molar-refractivity contribution in [2.24, 2.45) is 5.73 Å². The maximum atomic E-state index is 13.4. The van der Waals surface area contributed by atoms with Crippen LogP contribution >= 0.6 is 35.7 Å². The molecule has 1 aromatic carbocycles. The van der Waals surface area contributed by atoms with Gasteiger partial charge in [0.25, 0.3) is 5.69 Å². The van der Waals surface area contributed by atoms with Crippen LogP contribution in [0.5, 0.6) is 0 Å². The number of nitro benzene ring substituents is 1. The van der Waals surface area contributed by atoms with Crippen LogP contribution in [0.25, 0.3) is 0 Å². The molecule has 0 atom stereocenters. The lowest BCUT2D eigenvalue weighted by Crippen LogP contribution is -2.13. The zero-order valence-electron chi connectivity index (χ0n) is 14.0. The number of halogens is 3. The lowest BCUT2D eigenvalue weighted by molar-refractivity contribution is -0.388. The zero-order chi connectivity index (χ0) is 19.4. The van der Waals surface area contributed by atoms with Crippen LogP contribution in [0.15, 0.2) is 17.0 Å². The van der Waals surface area contributed by atoms with Gasteiger partial charge < -0.3 is 5.73 Å². The van der Waals surface area contributed by atoms with E-state index in [0.717, 1.165) is 12.1 Å². The second kappa shape index (κ2) is 8.70. The Morgan fingerprint density at radius 3 is 2.36 bits per heavy atom. The first-order chi connectivity index (χ1) is 11.4. The predicted molar refractivity (Wildman–Crippen MR) is 101 cm³/mol. The van der Waals surface area contributed by atoms with E-state index in [9.17, 15) is 23.3 Å². The number of thioether (sulfide) groups is 2. The number of aryl methyl sites for hydroxylation is 1. The SMILES string of the molecule is CC(C)(C)SC(=S)Sc1c(C(F)(F)F)ccc(CCCN)c1[N+](=O)[O-]. The Labute approximate surface area is 158 Å². The van der Waals surface area contributed by atoms with Gasteiger partial charge >= 0.3 is 6.18 Å². The quantitative estimate of drug-likeness (QED) is 0.302. The van der Waals surface area contributed by atoms with Crippen LogP contribution in [0.4, 0.5) is 18.9 Å². The van der Waals surface area contributed by atoms with Crippen molar-refractivity contribution in [3.8, 4) is 0 Å². The normalized spacial score (nSPS) is 12.3. The third kappa shape index (κ3) is 6.76. The van der Waals surface area contributed by atoms with E-state index in [2.05, 4.69) is 0 Å².